The van der Waals surface area contributed by atoms with Gasteiger partial charge in [0.2, 0.25) is 0 Å². The highest BCUT2D eigenvalue weighted by atomic mass is 14.3. The molecule has 1 fully saturated rings. The molecule has 0 bridgehead atoms. The van der Waals surface area contributed by atoms with E-state index in [0.29, 0.717) is 11.3 Å². The SMILES string of the molecule is CC(C)c1ccc(C2(C)CCCCC2)cc1. The maximum atomic E-state index is 2.44. The van der Waals surface area contributed by atoms with Gasteiger partial charge >= 0.3 is 0 Å². The molecule has 0 saturated heterocycles. The van der Waals surface area contributed by atoms with Gasteiger partial charge < -0.3 is 0 Å². The predicted octanol–water partition coefficient (Wildman–Crippen LogP) is 5.03. The van der Waals surface area contributed by atoms with Gasteiger partial charge in [0.1, 0.15) is 0 Å². The van der Waals surface area contributed by atoms with Crippen LogP contribution in [0.3, 0.4) is 0 Å². The van der Waals surface area contributed by atoms with E-state index >= 15 is 0 Å². The smallest absolute Gasteiger partial charge is 0.00752 e. The lowest BCUT2D eigenvalue weighted by Crippen LogP contribution is -2.24. The summed E-state index contributed by atoms with van der Waals surface area (Å²) in [6, 6.07) is 9.36. The maximum Gasteiger partial charge on any atom is -0.00752 e. The number of benzene rings is 1. The highest BCUT2D eigenvalue weighted by Gasteiger charge is 2.28. The normalized spacial score (nSPS) is 20.0. The Bertz CT molecular complexity index is 326. The first-order valence-corrected chi connectivity index (χ1v) is 6.72. The molecule has 1 aliphatic rings. The number of hydrogen-bond acceptors (Lipinski definition) is 0. The van der Waals surface area contributed by atoms with E-state index in [1.807, 2.05) is 0 Å². The molecule has 0 radical (unpaired) electrons. The van der Waals surface area contributed by atoms with Crippen LogP contribution in [0.5, 0.6) is 0 Å². The van der Waals surface area contributed by atoms with Crippen molar-refractivity contribution in [1.29, 1.82) is 0 Å². The Hall–Kier alpha value is -0.780. The average molecular weight is 216 g/mol. The molecule has 0 heteroatoms. The summed E-state index contributed by atoms with van der Waals surface area (Å²) in [6.45, 7) is 6.96. The van der Waals surface area contributed by atoms with Crippen molar-refractivity contribution in [2.75, 3.05) is 0 Å². The van der Waals surface area contributed by atoms with E-state index in [4.69, 9.17) is 0 Å². The second-order valence-electron chi connectivity index (χ2n) is 5.90. The molecular formula is C16H24. The van der Waals surface area contributed by atoms with Crippen molar-refractivity contribution in [1.82, 2.24) is 0 Å². The van der Waals surface area contributed by atoms with Crippen molar-refractivity contribution < 1.29 is 0 Å². The minimum Gasteiger partial charge on any atom is -0.0587 e. The van der Waals surface area contributed by atoms with E-state index in [0.717, 1.165) is 0 Å². The second-order valence-corrected chi connectivity index (χ2v) is 5.90. The van der Waals surface area contributed by atoms with Gasteiger partial charge in [0.15, 0.2) is 0 Å². The fraction of sp³-hybridized carbons (Fsp3) is 0.625. The van der Waals surface area contributed by atoms with Gasteiger partial charge in [-0.05, 0) is 35.3 Å². The van der Waals surface area contributed by atoms with E-state index in [1.54, 1.807) is 5.56 Å². The molecule has 0 aliphatic heterocycles. The third-order valence-electron chi connectivity index (χ3n) is 4.23. The third-order valence-corrected chi connectivity index (χ3v) is 4.23. The van der Waals surface area contributed by atoms with Gasteiger partial charge in [-0.3, -0.25) is 0 Å². The molecule has 0 atom stereocenters. The predicted molar refractivity (Wildman–Crippen MR) is 71.0 cm³/mol. The standard InChI is InChI=1S/C16H24/c1-13(2)14-7-9-15(10-8-14)16(3)11-5-4-6-12-16/h7-10,13H,4-6,11-12H2,1-3H3. The summed E-state index contributed by atoms with van der Waals surface area (Å²) in [5.74, 6) is 0.646. The molecule has 88 valence electrons. The van der Waals surface area contributed by atoms with Crippen LogP contribution >= 0.6 is 0 Å². The molecule has 1 aromatic rings. The minimum absolute atomic E-state index is 0.452. The Kier molecular flexibility index (Phi) is 3.37. The van der Waals surface area contributed by atoms with E-state index < -0.39 is 0 Å². The summed E-state index contributed by atoms with van der Waals surface area (Å²) in [5.41, 5.74) is 3.47. The van der Waals surface area contributed by atoms with E-state index in [1.165, 1.54) is 37.7 Å². The molecule has 0 aromatic heterocycles. The van der Waals surface area contributed by atoms with Crippen molar-refractivity contribution in [3.05, 3.63) is 35.4 Å². The first kappa shape index (κ1) is 11.7. The van der Waals surface area contributed by atoms with Gasteiger partial charge in [-0.1, -0.05) is 64.3 Å². The van der Waals surface area contributed by atoms with Gasteiger partial charge in [-0.2, -0.15) is 0 Å². The molecule has 1 aliphatic carbocycles. The molecular weight excluding hydrogens is 192 g/mol. The van der Waals surface area contributed by atoms with E-state index in [-0.39, 0.29) is 0 Å². The number of hydrogen-bond donors (Lipinski definition) is 0. The lowest BCUT2D eigenvalue weighted by molar-refractivity contribution is 0.319. The first-order chi connectivity index (χ1) is 7.62. The topological polar surface area (TPSA) is 0 Å². The molecule has 0 heterocycles. The largest absolute Gasteiger partial charge is 0.0587 e. The summed E-state index contributed by atoms with van der Waals surface area (Å²) in [7, 11) is 0. The van der Waals surface area contributed by atoms with Crippen molar-refractivity contribution in [2.45, 2.75) is 64.2 Å². The zero-order chi connectivity index (χ0) is 11.6. The van der Waals surface area contributed by atoms with Crippen LogP contribution in [0.4, 0.5) is 0 Å². The minimum atomic E-state index is 0.452. The van der Waals surface area contributed by atoms with Crippen LogP contribution in [0.25, 0.3) is 0 Å². The maximum absolute atomic E-state index is 2.44. The van der Waals surface area contributed by atoms with Crippen molar-refractivity contribution in [2.24, 2.45) is 0 Å². The highest BCUT2D eigenvalue weighted by Crippen LogP contribution is 2.39. The highest BCUT2D eigenvalue weighted by molar-refractivity contribution is 5.30. The van der Waals surface area contributed by atoms with Crippen LogP contribution in [0.1, 0.15) is 69.9 Å². The lowest BCUT2D eigenvalue weighted by Gasteiger charge is -2.34. The van der Waals surface area contributed by atoms with Gasteiger partial charge in [-0.25, -0.2) is 0 Å². The molecule has 1 saturated carbocycles. The summed E-state index contributed by atoms with van der Waals surface area (Å²) in [5, 5.41) is 0. The van der Waals surface area contributed by atoms with Gasteiger partial charge in [-0.15, -0.1) is 0 Å². The fourth-order valence-electron chi connectivity index (χ4n) is 2.89. The second kappa shape index (κ2) is 4.61. The van der Waals surface area contributed by atoms with Crippen LogP contribution in [0.15, 0.2) is 24.3 Å². The van der Waals surface area contributed by atoms with Gasteiger partial charge in [0.05, 0.1) is 0 Å². The fourth-order valence-corrected chi connectivity index (χ4v) is 2.89. The Morgan fingerprint density at radius 3 is 2.00 bits per heavy atom. The van der Waals surface area contributed by atoms with Crippen LogP contribution < -0.4 is 0 Å². The van der Waals surface area contributed by atoms with Crippen molar-refractivity contribution >= 4 is 0 Å². The van der Waals surface area contributed by atoms with Gasteiger partial charge in [0.25, 0.3) is 0 Å². The zero-order valence-corrected chi connectivity index (χ0v) is 10.9. The third kappa shape index (κ3) is 2.31. The monoisotopic (exact) mass is 216 g/mol. The molecule has 0 nitrogen and oxygen atoms in total. The molecule has 0 N–H and O–H groups in total. The van der Waals surface area contributed by atoms with Crippen molar-refractivity contribution in [3.63, 3.8) is 0 Å². The Balaban J connectivity index is 2.20. The van der Waals surface area contributed by atoms with E-state index in [9.17, 15) is 0 Å². The lowest BCUT2D eigenvalue weighted by atomic mass is 9.71. The molecule has 1 aromatic carbocycles. The first-order valence-electron chi connectivity index (χ1n) is 6.72. The van der Waals surface area contributed by atoms with Crippen LogP contribution in [0.2, 0.25) is 0 Å². The molecule has 0 unspecified atom stereocenters. The summed E-state index contributed by atoms with van der Waals surface area (Å²) in [6.07, 6.45) is 6.98. The van der Waals surface area contributed by atoms with E-state index in [2.05, 4.69) is 45.0 Å². The Morgan fingerprint density at radius 2 is 1.50 bits per heavy atom. The average Bonchev–Trinajstić information content (AvgIpc) is 2.30. The Labute approximate surface area is 100 Å². The molecule has 16 heavy (non-hydrogen) atoms. The molecule has 0 spiro atoms. The number of rotatable bonds is 2. The zero-order valence-electron chi connectivity index (χ0n) is 10.9. The Morgan fingerprint density at radius 1 is 0.938 bits per heavy atom. The van der Waals surface area contributed by atoms with Gasteiger partial charge in [0, 0.05) is 0 Å². The quantitative estimate of drug-likeness (QED) is 0.650. The molecule has 2 rings (SSSR count). The summed E-state index contributed by atoms with van der Waals surface area (Å²) < 4.78 is 0. The summed E-state index contributed by atoms with van der Waals surface area (Å²) >= 11 is 0. The van der Waals surface area contributed by atoms with Crippen LogP contribution in [0, 0.1) is 0 Å². The summed E-state index contributed by atoms with van der Waals surface area (Å²) in [4.78, 5) is 0. The van der Waals surface area contributed by atoms with Crippen LogP contribution in [-0.2, 0) is 5.41 Å². The molecule has 0 amide bonds. The van der Waals surface area contributed by atoms with Crippen molar-refractivity contribution in [3.8, 4) is 0 Å². The van der Waals surface area contributed by atoms with Crippen LogP contribution in [-0.4, -0.2) is 0 Å².